The van der Waals surface area contributed by atoms with Gasteiger partial charge in [0.15, 0.2) is 0 Å². The van der Waals surface area contributed by atoms with Gasteiger partial charge < -0.3 is 10.1 Å². The van der Waals surface area contributed by atoms with E-state index in [-0.39, 0.29) is 0 Å². The van der Waals surface area contributed by atoms with E-state index in [2.05, 4.69) is 30.4 Å². The molecule has 1 atom stereocenters. The molecule has 0 amide bonds. The number of thiophene rings is 1. The van der Waals surface area contributed by atoms with Gasteiger partial charge in [-0.15, -0.1) is 11.3 Å². The van der Waals surface area contributed by atoms with Crippen LogP contribution < -0.4 is 10.1 Å². The number of nitrogens with one attached hydrogen (secondary N) is 1. The first-order chi connectivity index (χ1) is 9.67. The lowest BCUT2D eigenvalue weighted by Gasteiger charge is -2.25. The zero-order valence-electron chi connectivity index (χ0n) is 11.7. The molecule has 0 aliphatic heterocycles. The summed E-state index contributed by atoms with van der Waals surface area (Å²) in [7, 11) is 1.71. The Morgan fingerprint density at radius 1 is 1.35 bits per heavy atom. The topological polar surface area (TPSA) is 21.3 Å². The maximum atomic E-state index is 6.17. The maximum Gasteiger partial charge on any atom is 0.141 e. The van der Waals surface area contributed by atoms with Crippen molar-refractivity contribution in [3.05, 3.63) is 44.6 Å². The number of ether oxygens (including phenoxy) is 1. The highest BCUT2D eigenvalue weighted by Gasteiger charge is 2.23. The number of hydrogen-bond donors (Lipinski definition) is 1. The molecule has 1 N–H and O–H groups in total. The molecule has 0 spiro atoms. The minimum atomic E-state index is 0.332. The molecule has 0 radical (unpaired) electrons. The summed E-state index contributed by atoms with van der Waals surface area (Å²) in [5, 5.41) is 3.63. The molecule has 1 aliphatic carbocycles. The first-order valence-corrected chi connectivity index (χ1v) is 8.06. The van der Waals surface area contributed by atoms with Crippen molar-refractivity contribution < 1.29 is 4.74 Å². The fraction of sp³-hybridized carbons (Fsp3) is 0.375. The van der Waals surface area contributed by atoms with Crippen molar-refractivity contribution in [1.29, 1.82) is 0 Å². The minimum Gasteiger partial charge on any atom is -0.495 e. The van der Waals surface area contributed by atoms with Crippen molar-refractivity contribution >= 4 is 28.6 Å². The van der Waals surface area contributed by atoms with Gasteiger partial charge in [-0.2, -0.15) is 0 Å². The second kappa shape index (κ2) is 5.66. The van der Waals surface area contributed by atoms with Crippen LogP contribution in [0.2, 0.25) is 4.34 Å². The highest BCUT2D eigenvalue weighted by atomic mass is 35.5. The number of fused-ring (bicyclic) bond motifs is 1. The molecule has 1 heterocycles. The van der Waals surface area contributed by atoms with E-state index >= 15 is 0 Å². The van der Waals surface area contributed by atoms with Gasteiger partial charge in [0.25, 0.3) is 0 Å². The predicted molar refractivity (Wildman–Crippen MR) is 86.4 cm³/mol. The fourth-order valence-electron chi connectivity index (χ4n) is 2.79. The monoisotopic (exact) mass is 307 g/mol. The Kier molecular flexibility index (Phi) is 3.90. The predicted octanol–water partition coefficient (Wildman–Crippen LogP) is 5.21. The van der Waals surface area contributed by atoms with Crippen LogP contribution in [0, 0.1) is 6.92 Å². The summed E-state index contributed by atoms with van der Waals surface area (Å²) in [6.07, 6.45) is 3.49. The molecule has 2 aromatic rings. The Morgan fingerprint density at radius 3 is 3.00 bits per heavy atom. The van der Waals surface area contributed by atoms with E-state index in [1.165, 1.54) is 22.4 Å². The molecule has 1 aliphatic rings. The van der Waals surface area contributed by atoms with Gasteiger partial charge in [-0.25, -0.2) is 0 Å². The van der Waals surface area contributed by atoms with E-state index < -0.39 is 0 Å². The Bertz CT molecular complexity index is 623. The van der Waals surface area contributed by atoms with Crippen LogP contribution in [0.4, 0.5) is 5.69 Å². The smallest absolute Gasteiger partial charge is 0.141 e. The molecular formula is C16H18ClNOS. The van der Waals surface area contributed by atoms with Gasteiger partial charge in [-0.1, -0.05) is 17.7 Å². The van der Waals surface area contributed by atoms with Gasteiger partial charge in [0.2, 0.25) is 0 Å². The Balaban J connectivity index is 1.90. The third kappa shape index (κ3) is 2.65. The van der Waals surface area contributed by atoms with E-state index in [1.807, 2.05) is 6.07 Å². The lowest BCUT2D eigenvalue weighted by atomic mass is 9.93. The summed E-state index contributed by atoms with van der Waals surface area (Å²) >= 11 is 7.88. The average Bonchev–Trinajstić information content (AvgIpc) is 2.80. The molecular weight excluding hydrogens is 290 g/mol. The van der Waals surface area contributed by atoms with Crippen molar-refractivity contribution in [1.82, 2.24) is 0 Å². The van der Waals surface area contributed by atoms with Crippen LogP contribution in [0.3, 0.4) is 0 Å². The normalized spacial score (nSPS) is 17.6. The van der Waals surface area contributed by atoms with Gasteiger partial charge in [-0.3, -0.25) is 0 Å². The van der Waals surface area contributed by atoms with Gasteiger partial charge >= 0.3 is 0 Å². The van der Waals surface area contributed by atoms with E-state index in [9.17, 15) is 0 Å². The molecule has 1 unspecified atom stereocenters. The summed E-state index contributed by atoms with van der Waals surface area (Å²) < 4.78 is 6.34. The number of methoxy groups -OCH3 is 1. The average molecular weight is 308 g/mol. The lowest BCUT2D eigenvalue weighted by Crippen LogP contribution is -2.16. The number of aryl methyl sites for hydroxylation is 2. The van der Waals surface area contributed by atoms with Crippen LogP contribution in [-0.4, -0.2) is 7.11 Å². The molecule has 0 saturated carbocycles. The van der Waals surface area contributed by atoms with E-state index in [0.717, 1.165) is 28.6 Å². The Labute approximate surface area is 128 Å². The van der Waals surface area contributed by atoms with Crippen LogP contribution in [-0.2, 0) is 6.42 Å². The molecule has 1 aromatic carbocycles. The third-order valence-corrected chi connectivity index (χ3v) is 5.11. The molecule has 106 valence electrons. The van der Waals surface area contributed by atoms with Gasteiger partial charge in [-0.05, 0) is 55.5 Å². The third-order valence-electron chi connectivity index (χ3n) is 3.77. The maximum absolute atomic E-state index is 6.17. The van der Waals surface area contributed by atoms with Crippen molar-refractivity contribution in [3.63, 3.8) is 0 Å². The molecule has 0 saturated heterocycles. The van der Waals surface area contributed by atoms with Crippen LogP contribution in [0.15, 0.2) is 24.3 Å². The van der Waals surface area contributed by atoms with Crippen molar-refractivity contribution in [2.24, 2.45) is 0 Å². The summed E-state index contributed by atoms with van der Waals surface area (Å²) in [5.74, 6) is 0.893. The van der Waals surface area contributed by atoms with E-state index in [1.54, 1.807) is 18.4 Å². The fourth-order valence-corrected chi connectivity index (χ4v) is 4.18. The summed E-state index contributed by atoms with van der Waals surface area (Å²) in [6.45, 7) is 2.10. The van der Waals surface area contributed by atoms with Gasteiger partial charge in [0.1, 0.15) is 5.75 Å². The largest absolute Gasteiger partial charge is 0.495 e. The Hall–Kier alpha value is -1.19. The summed E-state index contributed by atoms with van der Waals surface area (Å²) in [5.41, 5.74) is 3.65. The number of rotatable bonds is 3. The highest BCUT2D eigenvalue weighted by molar-refractivity contribution is 7.16. The van der Waals surface area contributed by atoms with Gasteiger partial charge in [0.05, 0.1) is 23.2 Å². The number of hydrogen-bond acceptors (Lipinski definition) is 3. The zero-order chi connectivity index (χ0) is 14.1. The molecule has 0 fully saturated rings. The summed E-state index contributed by atoms with van der Waals surface area (Å²) in [6, 6.07) is 8.67. The first kappa shape index (κ1) is 13.8. The first-order valence-electron chi connectivity index (χ1n) is 6.86. The van der Waals surface area contributed by atoms with E-state index in [4.69, 9.17) is 16.3 Å². The molecule has 4 heteroatoms. The van der Waals surface area contributed by atoms with Crippen molar-refractivity contribution in [3.8, 4) is 5.75 Å². The number of halogens is 1. The van der Waals surface area contributed by atoms with E-state index in [0.29, 0.717) is 6.04 Å². The van der Waals surface area contributed by atoms with Crippen molar-refractivity contribution in [2.75, 3.05) is 12.4 Å². The van der Waals surface area contributed by atoms with Gasteiger partial charge in [0, 0.05) is 4.88 Å². The minimum absolute atomic E-state index is 0.332. The Morgan fingerprint density at radius 2 is 2.20 bits per heavy atom. The molecule has 0 bridgehead atoms. The quantitative estimate of drug-likeness (QED) is 0.840. The molecule has 1 aromatic heterocycles. The molecule has 20 heavy (non-hydrogen) atoms. The van der Waals surface area contributed by atoms with Crippen LogP contribution in [0.1, 0.15) is 34.9 Å². The SMILES string of the molecule is COc1ccc(C)cc1NC1CCCc2sc(Cl)cc21. The highest BCUT2D eigenvalue weighted by Crippen LogP contribution is 2.40. The second-order valence-electron chi connectivity index (χ2n) is 5.22. The van der Waals surface area contributed by atoms with Crippen LogP contribution in [0.25, 0.3) is 0 Å². The zero-order valence-corrected chi connectivity index (χ0v) is 13.3. The second-order valence-corrected chi connectivity index (χ2v) is 6.99. The number of benzene rings is 1. The van der Waals surface area contributed by atoms with Crippen LogP contribution in [0.5, 0.6) is 5.75 Å². The summed E-state index contributed by atoms with van der Waals surface area (Å²) in [4.78, 5) is 1.42. The number of anilines is 1. The standard InChI is InChI=1S/C16H18ClNOS/c1-10-6-7-14(19-2)13(8-10)18-12-4-3-5-15-11(12)9-16(17)20-15/h6-9,12,18H,3-5H2,1-2H3. The molecule has 2 nitrogen and oxygen atoms in total. The van der Waals surface area contributed by atoms with Crippen molar-refractivity contribution in [2.45, 2.75) is 32.2 Å². The lowest BCUT2D eigenvalue weighted by molar-refractivity contribution is 0.415. The van der Waals surface area contributed by atoms with Crippen LogP contribution >= 0.6 is 22.9 Å². The molecule has 3 rings (SSSR count).